The summed E-state index contributed by atoms with van der Waals surface area (Å²) in [4.78, 5) is 6.39. The van der Waals surface area contributed by atoms with Crippen LogP contribution in [0.25, 0.3) is 11.1 Å². The van der Waals surface area contributed by atoms with E-state index in [-0.39, 0.29) is 30.1 Å². The highest BCUT2D eigenvalue weighted by molar-refractivity contribution is 7.89. The second kappa shape index (κ2) is 10.9. The van der Waals surface area contributed by atoms with Crippen molar-refractivity contribution in [1.29, 1.82) is 0 Å². The lowest BCUT2D eigenvalue weighted by molar-refractivity contribution is 0.0734. The van der Waals surface area contributed by atoms with Crippen LogP contribution in [0.4, 0.5) is 0 Å². The second-order valence-electron chi connectivity index (χ2n) is 9.32. The number of aliphatic hydroxyl groups is 1. The van der Waals surface area contributed by atoms with Crippen LogP contribution >= 0.6 is 0 Å². The number of hydrogen-bond donors (Lipinski definition) is 1. The minimum absolute atomic E-state index is 0.104. The van der Waals surface area contributed by atoms with Gasteiger partial charge in [0.2, 0.25) is 10.0 Å². The summed E-state index contributed by atoms with van der Waals surface area (Å²) in [6, 6.07) is 18.5. The van der Waals surface area contributed by atoms with Crippen molar-refractivity contribution < 1.29 is 18.3 Å². The predicted molar refractivity (Wildman–Crippen MR) is 136 cm³/mol. The maximum atomic E-state index is 13.7. The van der Waals surface area contributed by atoms with Crippen molar-refractivity contribution in [2.75, 3.05) is 26.7 Å². The Bertz CT molecular complexity index is 1220. The fraction of sp³-hybridized carbons (Fsp3) is 0.370. The quantitative estimate of drug-likeness (QED) is 0.539. The molecule has 0 saturated heterocycles. The Morgan fingerprint density at radius 2 is 1.83 bits per heavy atom. The van der Waals surface area contributed by atoms with Crippen LogP contribution in [0.5, 0.6) is 5.75 Å². The molecule has 4 rings (SSSR count). The van der Waals surface area contributed by atoms with Gasteiger partial charge >= 0.3 is 0 Å². The lowest BCUT2D eigenvalue weighted by Crippen LogP contribution is -2.49. The minimum Gasteiger partial charge on any atom is -0.487 e. The standard InChI is InChI=1S/C27H33N3O4S/c1-20-16-30(21(2)19-31)35(32,33)27-10-9-24(23-7-5-4-6-8-23)15-25(27)34-26(20)18-29(3)17-22-11-13-28-14-12-22/h4-15,20-21,26,31H,16-19H2,1-3H3/t20-,21-,26-/m0/s1. The van der Waals surface area contributed by atoms with Crippen molar-refractivity contribution in [2.24, 2.45) is 5.92 Å². The van der Waals surface area contributed by atoms with Gasteiger partial charge in [0.1, 0.15) is 16.7 Å². The number of sulfonamides is 1. The van der Waals surface area contributed by atoms with Gasteiger partial charge in [-0.05, 0) is 54.9 Å². The first kappa shape index (κ1) is 25.3. The average molecular weight is 496 g/mol. The molecule has 0 unspecified atom stereocenters. The maximum absolute atomic E-state index is 13.7. The summed E-state index contributed by atoms with van der Waals surface area (Å²) in [5, 5.41) is 9.83. The number of hydrogen-bond acceptors (Lipinski definition) is 6. The summed E-state index contributed by atoms with van der Waals surface area (Å²) in [6.07, 6.45) is 3.30. The molecular formula is C27H33N3O4S. The van der Waals surface area contributed by atoms with Crippen LogP contribution in [0.3, 0.4) is 0 Å². The number of fused-ring (bicyclic) bond motifs is 1. The molecule has 8 heteroatoms. The van der Waals surface area contributed by atoms with Crippen molar-refractivity contribution in [2.45, 2.75) is 37.4 Å². The van der Waals surface area contributed by atoms with Crippen molar-refractivity contribution in [1.82, 2.24) is 14.2 Å². The Labute approximate surface area is 208 Å². The third-order valence-corrected chi connectivity index (χ3v) is 8.49. The lowest BCUT2D eigenvalue weighted by Gasteiger charge is -2.37. The van der Waals surface area contributed by atoms with E-state index in [1.165, 1.54) is 4.31 Å². The molecule has 1 N–H and O–H groups in total. The normalized spacial score (nSPS) is 20.9. The Morgan fingerprint density at radius 1 is 1.11 bits per heavy atom. The smallest absolute Gasteiger partial charge is 0.247 e. The van der Waals surface area contributed by atoms with E-state index in [9.17, 15) is 13.5 Å². The first-order valence-electron chi connectivity index (χ1n) is 11.9. The van der Waals surface area contributed by atoms with Crippen molar-refractivity contribution in [3.05, 3.63) is 78.6 Å². The molecule has 35 heavy (non-hydrogen) atoms. The summed E-state index contributed by atoms with van der Waals surface area (Å²) in [6.45, 7) is 5.08. The summed E-state index contributed by atoms with van der Waals surface area (Å²) in [5.41, 5.74) is 3.02. The van der Waals surface area contributed by atoms with Gasteiger partial charge < -0.3 is 9.84 Å². The fourth-order valence-corrected chi connectivity index (χ4v) is 6.25. The third-order valence-electron chi connectivity index (χ3n) is 6.47. The highest BCUT2D eigenvalue weighted by Crippen LogP contribution is 2.36. The molecule has 3 aromatic rings. The molecule has 1 aliphatic heterocycles. The van der Waals surface area contributed by atoms with E-state index < -0.39 is 16.1 Å². The molecule has 0 spiro atoms. The van der Waals surface area contributed by atoms with E-state index in [0.29, 0.717) is 12.3 Å². The van der Waals surface area contributed by atoms with E-state index in [2.05, 4.69) is 9.88 Å². The van der Waals surface area contributed by atoms with Crippen LogP contribution in [0.15, 0.2) is 78.0 Å². The lowest BCUT2D eigenvalue weighted by atomic mass is 10.0. The van der Waals surface area contributed by atoms with Gasteiger partial charge in [0.05, 0.1) is 6.61 Å². The molecule has 0 amide bonds. The monoisotopic (exact) mass is 495 g/mol. The number of pyridine rings is 1. The van der Waals surface area contributed by atoms with Gasteiger partial charge in [-0.1, -0.05) is 43.3 Å². The Kier molecular flexibility index (Phi) is 7.86. The van der Waals surface area contributed by atoms with Gasteiger partial charge in [-0.15, -0.1) is 0 Å². The minimum atomic E-state index is -3.86. The molecule has 1 aromatic heterocycles. The first-order chi connectivity index (χ1) is 16.8. The van der Waals surface area contributed by atoms with Gasteiger partial charge in [0.25, 0.3) is 0 Å². The summed E-state index contributed by atoms with van der Waals surface area (Å²) < 4.78 is 35.2. The summed E-state index contributed by atoms with van der Waals surface area (Å²) in [7, 11) is -1.83. The predicted octanol–water partition coefficient (Wildman–Crippen LogP) is 3.65. The Hall–Kier alpha value is -2.78. The van der Waals surface area contributed by atoms with Gasteiger partial charge in [0.15, 0.2) is 0 Å². The van der Waals surface area contributed by atoms with Crippen LogP contribution in [-0.4, -0.2) is 66.6 Å². The Morgan fingerprint density at radius 3 is 2.51 bits per heavy atom. The highest BCUT2D eigenvalue weighted by Gasteiger charge is 2.38. The molecular weight excluding hydrogens is 462 g/mol. The molecule has 0 aliphatic carbocycles. The molecule has 2 heterocycles. The zero-order valence-corrected chi connectivity index (χ0v) is 21.2. The number of ether oxygens (including phenoxy) is 1. The first-order valence-corrected chi connectivity index (χ1v) is 13.3. The van der Waals surface area contributed by atoms with E-state index in [1.54, 1.807) is 25.4 Å². The number of aromatic nitrogens is 1. The van der Waals surface area contributed by atoms with Gasteiger partial charge in [-0.25, -0.2) is 8.42 Å². The number of likely N-dealkylation sites (N-methyl/N-ethyl adjacent to an activating group) is 1. The van der Waals surface area contributed by atoms with Gasteiger partial charge in [0, 0.05) is 44.0 Å². The number of aliphatic hydroxyl groups excluding tert-OH is 1. The maximum Gasteiger partial charge on any atom is 0.247 e. The molecule has 186 valence electrons. The van der Waals surface area contributed by atoms with Crippen molar-refractivity contribution in [3.8, 4) is 16.9 Å². The van der Waals surface area contributed by atoms with Gasteiger partial charge in [-0.3, -0.25) is 9.88 Å². The van der Waals surface area contributed by atoms with Crippen molar-refractivity contribution in [3.63, 3.8) is 0 Å². The average Bonchev–Trinajstić information content (AvgIpc) is 2.86. The SMILES string of the molecule is C[C@H]1CN([C@@H](C)CO)S(=O)(=O)c2ccc(-c3ccccc3)cc2O[C@H]1CN(C)Cc1ccncc1. The molecule has 3 atom stereocenters. The number of benzene rings is 2. The zero-order chi connectivity index (χ0) is 25.0. The van der Waals surface area contributed by atoms with Gasteiger partial charge in [-0.2, -0.15) is 4.31 Å². The molecule has 7 nitrogen and oxygen atoms in total. The van der Waals surface area contributed by atoms with Crippen LogP contribution in [-0.2, 0) is 16.6 Å². The van der Waals surface area contributed by atoms with E-state index in [0.717, 1.165) is 23.2 Å². The largest absolute Gasteiger partial charge is 0.487 e. The van der Waals surface area contributed by atoms with E-state index in [1.807, 2.05) is 68.6 Å². The van der Waals surface area contributed by atoms with Crippen molar-refractivity contribution >= 4 is 10.0 Å². The van der Waals surface area contributed by atoms with E-state index in [4.69, 9.17) is 4.74 Å². The highest BCUT2D eigenvalue weighted by atomic mass is 32.2. The summed E-state index contributed by atoms with van der Waals surface area (Å²) >= 11 is 0. The van der Waals surface area contributed by atoms with Crippen LogP contribution < -0.4 is 4.74 Å². The molecule has 0 bridgehead atoms. The number of rotatable bonds is 7. The van der Waals surface area contributed by atoms with Crippen LogP contribution in [0.1, 0.15) is 19.4 Å². The number of nitrogens with zero attached hydrogens (tertiary/aromatic N) is 3. The zero-order valence-electron chi connectivity index (χ0n) is 20.4. The molecule has 1 aliphatic rings. The second-order valence-corrected chi connectivity index (χ2v) is 11.2. The molecule has 0 fully saturated rings. The third kappa shape index (κ3) is 5.73. The van der Waals surface area contributed by atoms with Crippen LogP contribution in [0.2, 0.25) is 0 Å². The Balaban J connectivity index is 1.72. The van der Waals surface area contributed by atoms with Crippen LogP contribution in [0, 0.1) is 5.92 Å². The van der Waals surface area contributed by atoms with E-state index >= 15 is 0 Å². The molecule has 2 aromatic carbocycles. The molecule has 0 radical (unpaired) electrons. The topological polar surface area (TPSA) is 83.0 Å². The summed E-state index contributed by atoms with van der Waals surface area (Å²) in [5.74, 6) is 0.238. The fourth-order valence-electron chi connectivity index (χ4n) is 4.43. The molecule has 0 saturated carbocycles.